The van der Waals surface area contributed by atoms with Crippen LogP contribution in [0.5, 0.6) is 0 Å². The highest BCUT2D eigenvalue weighted by Gasteiger charge is 2.34. The van der Waals surface area contributed by atoms with E-state index in [1.807, 2.05) is 30.3 Å². The Morgan fingerprint density at radius 2 is 1.89 bits per heavy atom. The van der Waals surface area contributed by atoms with Crippen LogP contribution < -0.4 is 11.1 Å². The van der Waals surface area contributed by atoms with Gasteiger partial charge in [-0.2, -0.15) is 0 Å². The lowest BCUT2D eigenvalue weighted by atomic mass is 9.86. The molecule has 0 aliphatic rings. The average Bonchev–Trinajstić information content (AvgIpc) is 2.35. The number of rotatable bonds is 7. The van der Waals surface area contributed by atoms with Gasteiger partial charge in [-0.25, -0.2) is 8.78 Å². The molecule has 0 saturated heterocycles. The molecular formula is C14H20F2N2O. The lowest BCUT2D eigenvalue weighted by Gasteiger charge is -2.28. The molecule has 3 nitrogen and oxygen atoms in total. The Balaban J connectivity index is 2.62. The SMILES string of the molecule is CC(C)(C[C@@H](NCc1ccccc1)C(N)=O)C(F)F. The first kappa shape index (κ1) is 15.6. The van der Waals surface area contributed by atoms with Crippen molar-refractivity contribution < 1.29 is 13.6 Å². The van der Waals surface area contributed by atoms with Gasteiger partial charge in [0.25, 0.3) is 0 Å². The van der Waals surface area contributed by atoms with Crippen LogP contribution in [0, 0.1) is 5.41 Å². The number of nitrogens with two attached hydrogens (primary N) is 1. The van der Waals surface area contributed by atoms with Crippen molar-refractivity contribution in [2.75, 3.05) is 0 Å². The number of amides is 1. The minimum Gasteiger partial charge on any atom is -0.368 e. The first-order chi connectivity index (χ1) is 8.83. The number of carbonyl (C=O) groups excluding carboxylic acids is 1. The van der Waals surface area contributed by atoms with Gasteiger partial charge in [0.15, 0.2) is 0 Å². The predicted octanol–water partition coefficient (Wildman–Crippen LogP) is 2.31. The fraction of sp³-hybridized carbons (Fsp3) is 0.500. The summed E-state index contributed by atoms with van der Waals surface area (Å²) >= 11 is 0. The summed E-state index contributed by atoms with van der Waals surface area (Å²) < 4.78 is 25.6. The van der Waals surface area contributed by atoms with Crippen LogP contribution in [-0.4, -0.2) is 18.4 Å². The second kappa shape index (κ2) is 6.61. The Kier molecular flexibility index (Phi) is 5.42. The van der Waals surface area contributed by atoms with E-state index in [1.54, 1.807) is 0 Å². The van der Waals surface area contributed by atoms with E-state index >= 15 is 0 Å². The molecular weight excluding hydrogens is 250 g/mol. The summed E-state index contributed by atoms with van der Waals surface area (Å²) in [5, 5.41) is 2.94. The maximum Gasteiger partial charge on any atom is 0.243 e. The van der Waals surface area contributed by atoms with Gasteiger partial charge in [-0.1, -0.05) is 44.2 Å². The van der Waals surface area contributed by atoms with Crippen LogP contribution in [0.3, 0.4) is 0 Å². The highest BCUT2D eigenvalue weighted by molar-refractivity contribution is 5.79. The maximum absolute atomic E-state index is 12.8. The van der Waals surface area contributed by atoms with Gasteiger partial charge in [-0.3, -0.25) is 4.79 Å². The Bertz CT molecular complexity index is 407. The van der Waals surface area contributed by atoms with Crippen molar-refractivity contribution in [2.45, 2.75) is 39.3 Å². The van der Waals surface area contributed by atoms with Gasteiger partial charge in [0.05, 0.1) is 6.04 Å². The predicted molar refractivity (Wildman–Crippen MR) is 70.7 cm³/mol. The minimum absolute atomic E-state index is 0.00678. The van der Waals surface area contributed by atoms with E-state index in [4.69, 9.17) is 5.73 Å². The molecule has 3 N–H and O–H groups in total. The van der Waals surface area contributed by atoms with Crippen LogP contribution in [-0.2, 0) is 11.3 Å². The minimum atomic E-state index is -2.49. The zero-order valence-corrected chi connectivity index (χ0v) is 11.2. The van der Waals surface area contributed by atoms with Crippen molar-refractivity contribution in [3.63, 3.8) is 0 Å². The molecule has 0 aromatic heterocycles. The van der Waals surface area contributed by atoms with Crippen molar-refractivity contribution >= 4 is 5.91 Å². The van der Waals surface area contributed by atoms with Crippen molar-refractivity contribution in [3.8, 4) is 0 Å². The summed E-state index contributed by atoms with van der Waals surface area (Å²) in [5.41, 5.74) is 4.99. The van der Waals surface area contributed by atoms with Gasteiger partial charge >= 0.3 is 0 Å². The van der Waals surface area contributed by atoms with Crippen LogP contribution in [0.2, 0.25) is 0 Å². The van der Waals surface area contributed by atoms with Crippen molar-refractivity contribution in [3.05, 3.63) is 35.9 Å². The third-order valence-electron chi connectivity index (χ3n) is 3.06. The Morgan fingerprint density at radius 3 is 2.37 bits per heavy atom. The van der Waals surface area contributed by atoms with E-state index in [0.29, 0.717) is 6.54 Å². The largest absolute Gasteiger partial charge is 0.368 e. The lowest BCUT2D eigenvalue weighted by Crippen LogP contribution is -2.45. The highest BCUT2D eigenvalue weighted by Crippen LogP contribution is 2.30. The normalized spacial score (nSPS) is 13.5. The van der Waals surface area contributed by atoms with E-state index in [2.05, 4.69) is 5.32 Å². The molecule has 0 heterocycles. The van der Waals surface area contributed by atoms with Crippen LogP contribution in [0.15, 0.2) is 30.3 Å². The molecule has 0 bridgehead atoms. The van der Waals surface area contributed by atoms with Gasteiger partial charge < -0.3 is 11.1 Å². The number of carbonyl (C=O) groups is 1. The van der Waals surface area contributed by atoms with E-state index in [0.717, 1.165) is 5.56 Å². The average molecular weight is 270 g/mol. The molecule has 1 rings (SSSR count). The van der Waals surface area contributed by atoms with Crippen molar-refractivity contribution in [1.82, 2.24) is 5.32 Å². The molecule has 0 saturated carbocycles. The van der Waals surface area contributed by atoms with Gasteiger partial charge in [0, 0.05) is 12.0 Å². The molecule has 0 aliphatic carbocycles. The molecule has 0 fully saturated rings. The summed E-state index contributed by atoms with van der Waals surface area (Å²) in [7, 11) is 0. The molecule has 1 aromatic carbocycles. The Morgan fingerprint density at radius 1 is 1.32 bits per heavy atom. The number of benzene rings is 1. The van der Waals surface area contributed by atoms with E-state index in [1.165, 1.54) is 13.8 Å². The summed E-state index contributed by atoms with van der Waals surface area (Å²) in [4.78, 5) is 11.3. The molecule has 1 aromatic rings. The molecule has 0 spiro atoms. The third-order valence-corrected chi connectivity index (χ3v) is 3.06. The number of alkyl halides is 2. The molecule has 19 heavy (non-hydrogen) atoms. The van der Waals surface area contributed by atoms with E-state index in [9.17, 15) is 13.6 Å². The number of hydrogen-bond acceptors (Lipinski definition) is 2. The smallest absolute Gasteiger partial charge is 0.243 e. The van der Waals surface area contributed by atoms with Gasteiger partial charge in [-0.15, -0.1) is 0 Å². The maximum atomic E-state index is 12.8. The zero-order chi connectivity index (χ0) is 14.5. The molecule has 0 aliphatic heterocycles. The molecule has 0 radical (unpaired) electrons. The van der Waals surface area contributed by atoms with Crippen molar-refractivity contribution in [1.29, 1.82) is 0 Å². The monoisotopic (exact) mass is 270 g/mol. The fourth-order valence-electron chi connectivity index (χ4n) is 1.73. The number of primary amides is 1. The summed E-state index contributed by atoms with van der Waals surface area (Å²) in [5.74, 6) is -0.607. The fourth-order valence-corrected chi connectivity index (χ4v) is 1.73. The number of nitrogens with one attached hydrogen (secondary N) is 1. The summed E-state index contributed by atoms with van der Waals surface area (Å²) in [6.07, 6.45) is -2.49. The molecule has 1 amide bonds. The second-order valence-corrected chi connectivity index (χ2v) is 5.31. The number of hydrogen-bond donors (Lipinski definition) is 2. The van der Waals surface area contributed by atoms with Crippen LogP contribution >= 0.6 is 0 Å². The van der Waals surface area contributed by atoms with Gasteiger partial charge in [0.2, 0.25) is 12.3 Å². The van der Waals surface area contributed by atoms with Gasteiger partial charge in [-0.05, 0) is 12.0 Å². The van der Waals surface area contributed by atoms with Crippen LogP contribution in [0.1, 0.15) is 25.8 Å². The standard InChI is InChI=1S/C14H20F2N2O/c1-14(2,13(15)16)8-11(12(17)19)18-9-10-6-4-3-5-7-10/h3-7,11,13,18H,8-9H2,1-2H3,(H2,17,19)/t11-/m1/s1. The summed E-state index contributed by atoms with van der Waals surface area (Å²) in [6.45, 7) is 3.28. The summed E-state index contributed by atoms with van der Waals surface area (Å²) in [6, 6.07) is 8.66. The van der Waals surface area contributed by atoms with Crippen molar-refractivity contribution in [2.24, 2.45) is 11.1 Å². The molecule has 0 unspecified atom stereocenters. The van der Waals surface area contributed by atoms with Crippen LogP contribution in [0.25, 0.3) is 0 Å². The highest BCUT2D eigenvalue weighted by atomic mass is 19.3. The van der Waals surface area contributed by atoms with Gasteiger partial charge in [0.1, 0.15) is 0 Å². The third kappa shape index (κ3) is 4.95. The van der Waals surface area contributed by atoms with Crippen LogP contribution in [0.4, 0.5) is 8.78 Å². The quantitative estimate of drug-likeness (QED) is 0.799. The zero-order valence-electron chi connectivity index (χ0n) is 11.2. The molecule has 1 atom stereocenters. The lowest BCUT2D eigenvalue weighted by molar-refractivity contribution is -0.121. The first-order valence-electron chi connectivity index (χ1n) is 6.17. The first-order valence-corrected chi connectivity index (χ1v) is 6.17. The second-order valence-electron chi connectivity index (χ2n) is 5.31. The number of halogens is 2. The molecule has 106 valence electrons. The Hall–Kier alpha value is -1.49. The van der Waals surface area contributed by atoms with E-state index in [-0.39, 0.29) is 6.42 Å². The Labute approximate surface area is 112 Å². The van der Waals surface area contributed by atoms with E-state index < -0.39 is 23.8 Å². The topological polar surface area (TPSA) is 55.1 Å². The molecule has 5 heteroatoms.